The molecule has 1 aromatic rings. The SMILES string of the molecule is O=[N+]([O-])c1ccc(NS(=O)(=O)C(F)(F)F)cc1. The zero-order valence-corrected chi connectivity index (χ0v) is 8.75. The van der Waals surface area contributed by atoms with Crippen molar-refractivity contribution in [3.05, 3.63) is 34.4 Å². The van der Waals surface area contributed by atoms with Gasteiger partial charge in [0, 0.05) is 17.8 Å². The number of halogens is 3. The predicted molar refractivity (Wildman–Crippen MR) is 51.7 cm³/mol. The summed E-state index contributed by atoms with van der Waals surface area (Å²) in [7, 11) is -5.50. The van der Waals surface area contributed by atoms with E-state index in [1.807, 2.05) is 0 Å². The number of rotatable bonds is 3. The number of nitrogens with one attached hydrogen (secondary N) is 1. The molecule has 0 aliphatic heterocycles. The number of nitro benzene ring substituents is 1. The zero-order valence-electron chi connectivity index (χ0n) is 7.93. The molecule has 0 radical (unpaired) electrons. The van der Waals surface area contributed by atoms with Crippen molar-refractivity contribution in [3.63, 3.8) is 0 Å². The fourth-order valence-electron chi connectivity index (χ4n) is 0.864. The first-order chi connectivity index (χ1) is 7.63. The van der Waals surface area contributed by atoms with Crippen LogP contribution in [-0.2, 0) is 10.0 Å². The van der Waals surface area contributed by atoms with Gasteiger partial charge in [0.15, 0.2) is 0 Å². The summed E-state index contributed by atoms with van der Waals surface area (Å²) >= 11 is 0. The largest absolute Gasteiger partial charge is 0.516 e. The molecule has 10 heteroatoms. The summed E-state index contributed by atoms with van der Waals surface area (Å²) in [5, 5.41) is 10.2. The van der Waals surface area contributed by atoms with Crippen molar-refractivity contribution in [3.8, 4) is 0 Å². The monoisotopic (exact) mass is 270 g/mol. The van der Waals surface area contributed by atoms with E-state index >= 15 is 0 Å². The summed E-state index contributed by atoms with van der Waals surface area (Å²) in [6.07, 6.45) is 0. The molecule has 0 amide bonds. The lowest BCUT2D eigenvalue weighted by Crippen LogP contribution is -2.29. The molecule has 0 heterocycles. The third kappa shape index (κ3) is 3.06. The highest BCUT2D eigenvalue weighted by Crippen LogP contribution is 2.26. The van der Waals surface area contributed by atoms with Gasteiger partial charge in [-0.1, -0.05) is 0 Å². The van der Waals surface area contributed by atoms with E-state index in [2.05, 4.69) is 0 Å². The number of nitro groups is 1. The molecule has 0 spiro atoms. The maximum atomic E-state index is 12.0. The molecule has 6 nitrogen and oxygen atoms in total. The van der Waals surface area contributed by atoms with Gasteiger partial charge in [0.1, 0.15) is 0 Å². The quantitative estimate of drug-likeness (QED) is 0.670. The summed E-state index contributed by atoms with van der Waals surface area (Å²) < 4.78 is 58.5. The Morgan fingerprint density at radius 3 is 2.00 bits per heavy atom. The van der Waals surface area contributed by atoms with Gasteiger partial charge in [-0.25, -0.2) is 0 Å². The number of sulfonamides is 1. The van der Waals surface area contributed by atoms with Gasteiger partial charge in [0.05, 0.1) is 4.92 Å². The number of nitrogens with zero attached hydrogens (tertiary/aromatic N) is 1. The Morgan fingerprint density at radius 2 is 1.65 bits per heavy atom. The number of anilines is 1. The van der Waals surface area contributed by atoms with E-state index in [1.165, 1.54) is 4.72 Å². The van der Waals surface area contributed by atoms with Crippen molar-refractivity contribution in [1.82, 2.24) is 0 Å². The Morgan fingerprint density at radius 1 is 1.18 bits per heavy atom. The lowest BCUT2D eigenvalue weighted by atomic mass is 10.3. The molecule has 1 aromatic carbocycles. The van der Waals surface area contributed by atoms with Crippen LogP contribution in [0.5, 0.6) is 0 Å². The van der Waals surface area contributed by atoms with E-state index < -0.39 is 26.1 Å². The minimum Gasteiger partial charge on any atom is -0.276 e. The molecule has 0 aromatic heterocycles. The molecular formula is C7H5F3N2O4S. The summed E-state index contributed by atoms with van der Waals surface area (Å²) in [6, 6.07) is 3.49. The zero-order chi connectivity index (χ0) is 13.3. The van der Waals surface area contributed by atoms with Gasteiger partial charge in [-0.3, -0.25) is 14.8 Å². The second-order valence-corrected chi connectivity index (χ2v) is 4.53. The number of hydrogen-bond acceptors (Lipinski definition) is 4. The Balaban J connectivity index is 2.95. The molecule has 0 aliphatic carbocycles. The van der Waals surface area contributed by atoms with Crippen molar-refractivity contribution < 1.29 is 26.5 Å². The van der Waals surface area contributed by atoms with Crippen LogP contribution in [0.3, 0.4) is 0 Å². The Kier molecular flexibility index (Phi) is 3.27. The topological polar surface area (TPSA) is 89.3 Å². The lowest BCUT2D eigenvalue weighted by molar-refractivity contribution is -0.384. The normalized spacial score (nSPS) is 12.2. The molecule has 1 rings (SSSR count). The molecule has 0 saturated heterocycles. The van der Waals surface area contributed by atoms with E-state index in [1.54, 1.807) is 0 Å². The first kappa shape index (κ1) is 13.2. The van der Waals surface area contributed by atoms with E-state index in [0.717, 1.165) is 24.3 Å². The lowest BCUT2D eigenvalue weighted by Gasteiger charge is -2.09. The van der Waals surface area contributed by atoms with Gasteiger partial charge in [-0.05, 0) is 12.1 Å². The number of hydrogen-bond donors (Lipinski definition) is 1. The van der Waals surface area contributed by atoms with Gasteiger partial charge >= 0.3 is 15.5 Å². The van der Waals surface area contributed by atoms with Gasteiger partial charge in [-0.2, -0.15) is 21.6 Å². The minimum absolute atomic E-state index is 0.361. The predicted octanol–water partition coefficient (Wildman–Crippen LogP) is 1.86. The minimum atomic E-state index is -5.50. The number of alkyl halides is 3. The van der Waals surface area contributed by atoms with Crippen LogP contribution in [0, 0.1) is 10.1 Å². The van der Waals surface area contributed by atoms with Crippen molar-refractivity contribution in [2.75, 3.05) is 4.72 Å². The second-order valence-electron chi connectivity index (χ2n) is 2.86. The van der Waals surface area contributed by atoms with Gasteiger partial charge in [0.2, 0.25) is 0 Å². The second kappa shape index (κ2) is 4.20. The van der Waals surface area contributed by atoms with Crippen LogP contribution < -0.4 is 4.72 Å². The van der Waals surface area contributed by atoms with Crippen LogP contribution in [0.4, 0.5) is 24.5 Å². The fraction of sp³-hybridized carbons (Fsp3) is 0.143. The number of non-ortho nitro benzene ring substituents is 1. The molecule has 17 heavy (non-hydrogen) atoms. The highest BCUT2D eigenvalue weighted by Gasteiger charge is 2.46. The maximum Gasteiger partial charge on any atom is 0.516 e. The summed E-state index contributed by atoms with van der Waals surface area (Å²) in [5.74, 6) is 0. The Labute approximate surface area is 93.3 Å². The van der Waals surface area contributed by atoms with E-state index in [4.69, 9.17) is 0 Å². The van der Waals surface area contributed by atoms with Crippen molar-refractivity contribution in [1.29, 1.82) is 0 Å². The third-order valence-electron chi connectivity index (χ3n) is 1.64. The number of benzene rings is 1. The average molecular weight is 270 g/mol. The summed E-state index contributed by atoms with van der Waals surface area (Å²) in [4.78, 5) is 9.48. The molecule has 0 saturated carbocycles. The van der Waals surface area contributed by atoms with Crippen LogP contribution in [-0.4, -0.2) is 18.8 Å². The smallest absolute Gasteiger partial charge is 0.276 e. The van der Waals surface area contributed by atoms with Gasteiger partial charge in [0.25, 0.3) is 5.69 Å². The highest BCUT2D eigenvalue weighted by molar-refractivity contribution is 7.93. The molecule has 0 fully saturated rings. The van der Waals surface area contributed by atoms with Gasteiger partial charge < -0.3 is 0 Å². The maximum absolute atomic E-state index is 12.0. The fourth-order valence-corrected chi connectivity index (χ4v) is 1.43. The first-order valence-electron chi connectivity index (χ1n) is 3.97. The molecule has 94 valence electrons. The van der Waals surface area contributed by atoms with Crippen molar-refractivity contribution in [2.45, 2.75) is 5.51 Å². The Hall–Kier alpha value is -1.84. The Bertz CT molecular complexity index is 523. The standard InChI is InChI=1S/C7H5F3N2O4S/c8-7(9,10)17(15,16)11-5-1-3-6(4-2-5)12(13)14/h1-4,11H. The molecule has 0 bridgehead atoms. The van der Waals surface area contributed by atoms with Crippen molar-refractivity contribution >= 4 is 21.4 Å². The first-order valence-corrected chi connectivity index (χ1v) is 5.45. The van der Waals surface area contributed by atoms with Crippen molar-refractivity contribution in [2.24, 2.45) is 0 Å². The highest BCUT2D eigenvalue weighted by atomic mass is 32.2. The van der Waals surface area contributed by atoms with Crippen LogP contribution in [0.2, 0.25) is 0 Å². The van der Waals surface area contributed by atoms with Crippen LogP contribution >= 0.6 is 0 Å². The molecule has 0 aliphatic rings. The molecule has 0 unspecified atom stereocenters. The van der Waals surface area contributed by atoms with Crippen LogP contribution in [0.1, 0.15) is 0 Å². The van der Waals surface area contributed by atoms with Crippen LogP contribution in [0.15, 0.2) is 24.3 Å². The van der Waals surface area contributed by atoms with E-state index in [0.29, 0.717) is 0 Å². The molecular weight excluding hydrogens is 265 g/mol. The molecule has 0 atom stereocenters. The van der Waals surface area contributed by atoms with Crippen LogP contribution in [0.25, 0.3) is 0 Å². The summed E-state index contributed by atoms with van der Waals surface area (Å²) in [6.45, 7) is 0. The third-order valence-corrected chi connectivity index (χ3v) is 2.75. The molecule has 1 N–H and O–H groups in total. The van der Waals surface area contributed by atoms with Gasteiger partial charge in [-0.15, -0.1) is 0 Å². The summed E-state index contributed by atoms with van der Waals surface area (Å²) in [5.41, 5.74) is -6.21. The average Bonchev–Trinajstić information content (AvgIpc) is 2.16. The van der Waals surface area contributed by atoms with E-state index in [9.17, 15) is 31.7 Å². The van der Waals surface area contributed by atoms with E-state index in [-0.39, 0.29) is 5.69 Å².